The second-order valence-electron chi connectivity index (χ2n) is 8.60. The standard InChI is InChI=1S/C23H17F13O5S.Na/c24-18(25,19(26,27)20(28,29)21(30,31)22(32,33)23(34,35)36)14-6-4-13(5-7-14)17(37)3-1-2-12-41-15-8-10-16(11-9-15)42(38,39)40;/h4-11H,1-3,12H2,(H,38,39,40);/q;+1/p-1. The number of halogens is 13. The van der Waals surface area contributed by atoms with Gasteiger partial charge in [0.2, 0.25) is 0 Å². The molecule has 20 heteroatoms. The van der Waals surface area contributed by atoms with Crippen LogP contribution in [0.3, 0.4) is 0 Å². The van der Waals surface area contributed by atoms with Gasteiger partial charge in [-0.1, -0.05) is 24.3 Å². The van der Waals surface area contributed by atoms with Crippen LogP contribution in [0.15, 0.2) is 53.4 Å². The summed E-state index contributed by atoms with van der Waals surface area (Å²) in [5, 5.41) is 0. The molecule has 0 atom stereocenters. The van der Waals surface area contributed by atoms with Crippen molar-refractivity contribution in [2.24, 2.45) is 0 Å². The predicted molar refractivity (Wildman–Crippen MR) is 114 cm³/mol. The molecule has 0 amide bonds. The number of hydrogen-bond donors (Lipinski definition) is 0. The van der Waals surface area contributed by atoms with Gasteiger partial charge >= 0.3 is 65.3 Å². The van der Waals surface area contributed by atoms with Crippen LogP contribution < -0.4 is 34.3 Å². The van der Waals surface area contributed by atoms with E-state index in [0.717, 1.165) is 12.1 Å². The van der Waals surface area contributed by atoms with Crippen molar-refractivity contribution in [1.29, 1.82) is 0 Å². The molecule has 0 aliphatic carbocycles. The maximum Gasteiger partial charge on any atom is 1.00 e. The van der Waals surface area contributed by atoms with Crippen LogP contribution in [0, 0.1) is 0 Å². The van der Waals surface area contributed by atoms with Crippen molar-refractivity contribution in [3.05, 3.63) is 59.7 Å². The summed E-state index contributed by atoms with van der Waals surface area (Å²) in [4.78, 5) is 11.7. The normalized spacial score (nSPS) is 13.8. The van der Waals surface area contributed by atoms with Crippen LogP contribution in [0.5, 0.6) is 5.75 Å². The molecule has 0 aliphatic rings. The Morgan fingerprint density at radius 1 is 0.674 bits per heavy atom. The maximum absolute atomic E-state index is 14.3. The first kappa shape index (κ1) is 38.9. The van der Waals surface area contributed by atoms with Crippen molar-refractivity contribution in [3.63, 3.8) is 0 Å². The summed E-state index contributed by atoms with van der Waals surface area (Å²) < 4.78 is 211. The molecule has 0 saturated heterocycles. The van der Waals surface area contributed by atoms with Gasteiger partial charge in [0, 0.05) is 17.5 Å². The zero-order chi connectivity index (χ0) is 32.6. The minimum Gasteiger partial charge on any atom is -0.744 e. The monoisotopic (exact) mass is 674 g/mol. The summed E-state index contributed by atoms with van der Waals surface area (Å²) in [5.74, 6) is -38.3. The van der Waals surface area contributed by atoms with Crippen LogP contribution in [0.1, 0.15) is 35.2 Å². The predicted octanol–water partition coefficient (Wildman–Crippen LogP) is 4.22. The minimum atomic E-state index is -8.01. The zero-order valence-electron chi connectivity index (χ0n) is 21.3. The number of alkyl halides is 13. The molecular weight excluding hydrogens is 658 g/mol. The molecule has 0 unspecified atom stereocenters. The van der Waals surface area contributed by atoms with E-state index in [1.165, 1.54) is 12.1 Å². The minimum absolute atomic E-state index is 0. The quantitative estimate of drug-likeness (QED) is 0.105. The van der Waals surface area contributed by atoms with Gasteiger partial charge in [0.15, 0.2) is 5.78 Å². The molecule has 2 aromatic carbocycles. The molecule has 0 heterocycles. The van der Waals surface area contributed by atoms with Crippen LogP contribution in [-0.2, 0) is 16.0 Å². The van der Waals surface area contributed by atoms with E-state index in [1.54, 1.807) is 0 Å². The van der Waals surface area contributed by atoms with Gasteiger partial charge in [-0.3, -0.25) is 4.79 Å². The van der Waals surface area contributed by atoms with Gasteiger partial charge < -0.3 is 9.29 Å². The van der Waals surface area contributed by atoms with Crippen LogP contribution >= 0.6 is 0 Å². The average Bonchev–Trinajstić information content (AvgIpc) is 2.87. The topological polar surface area (TPSA) is 83.5 Å². The van der Waals surface area contributed by atoms with E-state index >= 15 is 0 Å². The molecule has 0 aliphatic heterocycles. The number of carbonyl (C=O) groups excluding carboxylic acids is 1. The third-order valence-electron chi connectivity index (χ3n) is 5.68. The fourth-order valence-corrected chi connectivity index (χ4v) is 3.71. The third-order valence-corrected chi connectivity index (χ3v) is 6.53. The molecule has 0 N–H and O–H groups in total. The Bertz CT molecular complexity index is 1360. The Kier molecular flexibility index (Phi) is 11.9. The van der Waals surface area contributed by atoms with Crippen molar-refractivity contribution in [3.8, 4) is 5.75 Å². The number of ketones is 1. The van der Waals surface area contributed by atoms with Gasteiger partial charge in [0.1, 0.15) is 15.9 Å². The number of carbonyl (C=O) groups is 1. The van der Waals surface area contributed by atoms with E-state index in [4.69, 9.17) is 4.74 Å². The Hall–Kier alpha value is -2.09. The molecular formula is C23H16F13NaO5S. The molecule has 0 radical (unpaired) electrons. The second kappa shape index (κ2) is 13.1. The molecule has 0 saturated carbocycles. The number of benzene rings is 2. The number of rotatable bonds is 13. The van der Waals surface area contributed by atoms with Gasteiger partial charge in [-0.25, -0.2) is 8.42 Å². The van der Waals surface area contributed by atoms with E-state index in [0.29, 0.717) is 12.1 Å². The third kappa shape index (κ3) is 7.59. The first-order chi connectivity index (χ1) is 18.8. The van der Waals surface area contributed by atoms with Crippen molar-refractivity contribution in [1.82, 2.24) is 0 Å². The van der Waals surface area contributed by atoms with E-state index in [2.05, 4.69) is 0 Å². The van der Waals surface area contributed by atoms with Crippen molar-refractivity contribution >= 4 is 15.9 Å². The van der Waals surface area contributed by atoms with Crippen LogP contribution in [0.25, 0.3) is 0 Å². The first-order valence-corrected chi connectivity index (χ1v) is 12.5. The average molecular weight is 674 g/mol. The van der Waals surface area contributed by atoms with Crippen LogP contribution in [0.4, 0.5) is 57.1 Å². The van der Waals surface area contributed by atoms with E-state index in [1.807, 2.05) is 0 Å². The number of Topliss-reactive ketones (excluding diaryl/α,β-unsaturated/α-hetero) is 1. The van der Waals surface area contributed by atoms with Crippen molar-refractivity contribution in [2.75, 3.05) is 6.61 Å². The number of hydrogen-bond acceptors (Lipinski definition) is 5. The molecule has 43 heavy (non-hydrogen) atoms. The first-order valence-electron chi connectivity index (χ1n) is 11.1. The fraction of sp³-hybridized carbons (Fsp3) is 0.435. The Morgan fingerprint density at radius 2 is 1.14 bits per heavy atom. The summed E-state index contributed by atoms with van der Waals surface area (Å²) >= 11 is 0. The molecule has 0 bridgehead atoms. The largest absolute Gasteiger partial charge is 1.00 e. The van der Waals surface area contributed by atoms with Gasteiger partial charge in [-0.15, -0.1) is 0 Å². The van der Waals surface area contributed by atoms with Gasteiger partial charge in [-0.05, 0) is 37.1 Å². The van der Waals surface area contributed by atoms with Crippen LogP contribution in [-0.4, -0.2) is 55.2 Å². The molecule has 2 aromatic rings. The Morgan fingerprint density at radius 3 is 1.58 bits per heavy atom. The van der Waals surface area contributed by atoms with Crippen molar-refractivity contribution in [2.45, 2.75) is 59.9 Å². The summed E-state index contributed by atoms with van der Waals surface area (Å²) in [6, 6.07) is 4.92. The Balaban J connectivity index is 0.00000924. The second-order valence-corrected chi connectivity index (χ2v) is 9.98. The van der Waals surface area contributed by atoms with E-state index < -0.39 is 67.7 Å². The number of unbranched alkanes of at least 4 members (excludes halogenated alkanes) is 1. The van der Waals surface area contributed by atoms with Gasteiger partial charge in [0.25, 0.3) is 0 Å². The zero-order valence-corrected chi connectivity index (χ0v) is 24.1. The van der Waals surface area contributed by atoms with Crippen LogP contribution in [0.2, 0.25) is 0 Å². The fourth-order valence-electron chi connectivity index (χ4n) is 3.24. The van der Waals surface area contributed by atoms with Crippen molar-refractivity contribution < 1.29 is 109 Å². The molecule has 0 aromatic heterocycles. The Labute approximate surface area is 256 Å². The summed E-state index contributed by atoms with van der Waals surface area (Å²) in [6.45, 7) is -0.0385. The molecule has 5 nitrogen and oxygen atoms in total. The molecule has 236 valence electrons. The number of ether oxygens (including phenoxy) is 1. The molecule has 0 spiro atoms. The summed E-state index contributed by atoms with van der Waals surface area (Å²) in [6.07, 6.45) is -7.59. The molecule has 0 fully saturated rings. The van der Waals surface area contributed by atoms with E-state index in [-0.39, 0.29) is 73.3 Å². The summed E-state index contributed by atoms with van der Waals surface area (Å²) in [7, 11) is -4.68. The maximum atomic E-state index is 14.3. The SMILES string of the molecule is O=C(CCCCOc1ccc(S(=O)(=O)[O-])cc1)c1ccc(C(F)(F)C(F)(F)C(F)(F)C(F)(F)C(F)(F)C(F)(F)F)cc1.[Na+]. The molecule has 2 rings (SSSR count). The van der Waals surface area contributed by atoms with Gasteiger partial charge in [0.05, 0.1) is 11.5 Å². The summed E-state index contributed by atoms with van der Waals surface area (Å²) in [5.41, 5.74) is -2.66. The smallest absolute Gasteiger partial charge is 0.744 e. The van der Waals surface area contributed by atoms with E-state index in [9.17, 15) is 74.8 Å². The van der Waals surface area contributed by atoms with Gasteiger partial charge in [-0.2, -0.15) is 57.1 Å².